The summed E-state index contributed by atoms with van der Waals surface area (Å²) in [5, 5.41) is 14.0. The van der Waals surface area contributed by atoms with E-state index < -0.39 is 5.60 Å². The fourth-order valence-corrected chi connectivity index (χ4v) is 2.71. The molecule has 3 unspecified atom stereocenters. The lowest BCUT2D eigenvalue weighted by Crippen LogP contribution is -2.47. The van der Waals surface area contributed by atoms with Crippen molar-refractivity contribution >= 4 is 0 Å². The van der Waals surface area contributed by atoms with Gasteiger partial charge in [0.05, 0.1) is 12.4 Å². The zero-order valence-corrected chi connectivity index (χ0v) is 12.3. The fraction of sp³-hybridized carbons (Fsp3) is 0.533. The molecule has 3 rings (SSSR count). The topological polar surface area (TPSA) is 72.5 Å². The van der Waals surface area contributed by atoms with Gasteiger partial charge >= 0.3 is 0 Å². The Bertz CT molecular complexity index is 581. The van der Waals surface area contributed by atoms with Crippen molar-refractivity contribution in [2.24, 2.45) is 7.05 Å². The van der Waals surface area contributed by atoms with Gasteiger partial charge in [-0.2, -0.15) is 0 Å². The number of imidazole rings is 1. The van der Waals surface area contributed by atoms with Crippen molar-refractivity contribution in [3.8, 4) is 0 Å². The Morgan fingerprint density at radius 2 is 2.48 bits per heavy atom. The summed E-state index contributed by atoms with van der Waals surface area (Å²) in [6.07, 6.45) is 5.74. The van der Waals surface area contributed by atoms with Gasteiger partial charge in [0.2, 0.25) is 0 Å². The first kappa shape index (κ1) is 14.3. The second-order valence-electron chi connectivity index (χ2n) is 5.59. The van der Waals surface area contributed by atoms with Gasteiger partial charge in [0, 0.05) is 39.0 Å². The SMILES string of the molecule is CC1OCCC1(O)CNC(c1ccco1)c1nccn1C. The molecule has 2 N–H and O–H groups in total. The lowest BCUT2D eigenvalue weighted by molar-refractivity contribution is -0.0275. The minimum atomic E-state index is -0.851. The van der Waals surface area contributed by atoms with E-state index in [4.69, 9.17) is 9.15 Å². The van der Waals surface area contributed by atoms with Gasteiger partial charge in [0.25, 0.3) is 0 Å². The molecule has 114 valence electrons. The first-order valence-corrected chi connectivity index (χ1v) is 7.18. The van der Waals surface area contributed by atoms with Gasteiger partial charge in [-0.25, -0.2) is 4.98 Å². The van der Waals surface area contributed by atoms with Crippen molar-refractivity contribution in [2.45, 2.75) is 31.1 Å². The van der Waals surface area contributed by atoms with Gasteiger partial charge in [-0.15, -0.1) is 0 Å². The maximum Gasteiger partial charge on any atom is 0.133 e. The largest absolute Gasteiger partial charge is 0.467 e. The molecule has 0 aliphatic carbocycles. The average molecular weight is 291 g/mol. The summed E-state index contributed by atoms with van der Waals surface area (Å²) < 4.78 is 12.9. The molecule has 1 aliphatic rings. The monoisotopic (exact) mass is 291 g/mol. The van der Waals surface area contributed by atoms with Crippen molar-refractivity contribution in [1.29, 1.82) is 0 Å². The van der Waals surface area contributed by atoms with Gasteiger partial charge in [-0.1, -0.05) is 0 Å². The first-order chi connectivity index (χ1) is 10.1. The molecule has 0 saturated carbocycles. The van der Waals surface area contributed by atoms with Crippen LogP contribution >= 0.6 is 0 Å². The summed E-state index contributed by atoms with van der Waals surface area (Å²) in [4.78, 5) is 4.39. The van der Waals surface area contributed by atoms with E-state index in [0.717, 1.165) is 11.6 Å². The van der Waals surface area contributed by atoms with Crippen LogP contribution in [0.1, 0.15) is 31.0 Å². The number of furan rings is 1. The highest BCUT2D eigenvalue weighted by molar-refractivity contribution is 5.16. The van der Waals surface area contributed by atoms with Crippen LogP contribution in [0.15, 0.2) is 35.2 Å². The third-order valence-electron chi connectivity index (χ3n) is 4.22. The standard InChI is InChI=1S/C15H21N3O3/c1-11-15(19,5-9-20-11)10-17-13(12-4-3-8-21-12)14-16-6-7-18(14)2/h3-4,6-8,11,13,17,19H,5,9-10H2,1-2H3. The van der Waals surface area contributed by atoms with E-state index in [9.17, 15) is 5.11 Å². The molecule has 3 atom stereocenters. The van der Waals surface area contributed by atoms with Gasteiger partial charge in [-0.3, -0.25) is 5.32 Å². The van der Waals surface area contributed by atoms with Crippen LogP contribution < -0.4 is 5.32 Å². The van der Waals surface area contributed by atoms with Crippen LogP contribution in [0.5, 0.6) is 0 Å². The zero-order valence-electron chi connectivity index (χ0n) is 12.3. The molecule has 0 radical (unpaired) electrons. The summed E-state index contributed by atoms with van der Waals surface area (Å²) in [7, 11) is 1.94. The highest BCUT2D eigenvalue weighted by atomic mass is 16.5. The highest BCUT2D eigenvalue weighted by Crippen LogP contribution is 2.27. The number of aryl methyl sites for hydroxylation is 1. The van der Waals surface area contributed by atoms with E-state index in [1.165, 1.54) is 0 Å². The molecule has 3 heterocycles. The number of aliphatic hydroxyl groups is 1. The minimum absolute atomic E-state index is 0.177. The Morgan fingerprint density at radius 3 is 3.05 bits per heavy atom. The van der Waals surface area contributed by atoms with Crippen molar-refractivity contribution in [1.82, 2.24) is 14.9 Å². The number of nitrogens with zero attached hydrogens (tertiary/aromatic N) is 2. The van der Waals surface area contributed by atoms with Crippen molar-refractivity contribution in [2.75, 3.05) is 13.2 Å². The average Bonchev–Trinajstić information content (AvgIpc) is 3.17. The zero-order chi connectivity index (χ0) is 14.9. The molecule has 1 fully saturated rings. The number of hydrogen-bond acceptors (Lipinski definition) is 5. The molecule has 1 saturated heterocycles. The van der Waals surface area contributed by atoms with Gasteiger partial charge in [-0.05, 0) is 19.1 Å². The minimum Gasteiger partial charge on any atom is -0.467 e. The Labute approximate surface area is 123 Å². The smallest absolute Gasteiger partial charge is 0.133 e. The van der Waals surface area contributed by atoms with E-state index in [-0.39, 0.29) is 12.1 Å². The van der Waals surface area contributed by atoms with Crippen LogP contribution in [0.2, 0.25) is 0 Å². The van der Waals surface area contributed by atoms with Gasteiger partial charge in [0.1, 0.15) is 23.2 Å². The molecular formula is C15H21N3O3. The summed E-state index contributed by atoms with van der Waals surface area (Å²) in [6.45, 7) is 2.91. The Kier molecular flexibility index (Phi) is 3.84. The second-order valence-corrected chi connectivity index (χ2v) is 5.59. The molecule has 21 heavy (non-hydrogen) atoms. The van der Waals surface area contributed by atoms with Crippen molar-refractivity contribution in [3.63, 3.8) is 0 Å². The summed E-state index contributed by atoms with van der Waals surface area (Å²) >= 11 is 0. The van der Waals surface area contributed by atoms with Crippen LogP contribution in [0, 0.1) is 0 Å². The van der Waals surface area contributed by atoms with Crippen LogP contribution in [-0.2, 0) is 11.8 Å². The van der Waals surface area contributed by atoms with Crippen LogP contribution in [0.3, 0.4) is 0 Å². The quantitative estimate of drug-likeness (QED) is 0.867. The molecule has 1 aliphatic heterocycles. The van der Waals surface area contributed by atoms with Crippen molar-refractivity contribution in [3.05, 3.63) is 42.4 Å². The third-order valence-corrected chi connectivity index (χ3v) is 4.22. The molecular weight excluding hydrogens is 270 g/mol. The number of hydrogen-bond donors (Lipinski definition) is 2. The first-order valence-electron chi connectivity index (χ1n) is 7.18. The van der Waals surface area contributed by atoms with E-state index in [1.807, 2.05) is 36.9 Å². The molecule has 0 bridgehead atoms. The predicted molar refractivity (Wildman–Crippen MR) is 76.7 cm³/mol. The normalized spacial score (nSPS) is 27.1. The molecule has 0 spiro atoms. The highest BCUT2D eigenvalue weighted by Gasteiger charge is 2.40. The van der Waals surface area contributed by atoms with E-state index in [0.29, 0.717) is 19.6 Å². The molecule has 2 aromatic rings. The third kappa shape index (κ3) is 2.74. The lowest BCUT2D eigenvalue weighted by Gasteiger charge is -2.28. The van der Waals surface area contributed by atoms with Crippen LogP contribution in [-0.4, -0.2) is 39.5 Å². The lowest BCUT2D eigenvalue weighted by atomic mass is 9.96. The predicted octanol–water partition coefficient (Wildman–Crippen LogP) is 1.23. The van der Waals surface area contributed by atoms with Gasteiger partial charge < -0.3 is 18.8 Å². The Hall–Kier alpha value is -1.63. The number of aromatic nitrogens is 2. The number of nitrogens with one attached hydrogen (secondary N) is 1. The van der Waals surface area contributed by atoms with Gasteiger partial charge in [0.15, 0.2) is 0 Å². The molecule has 6 heteroatoms. The van der Waals surface area contributed by atoms with E-state index >= 15 is 0 Å². The summed E-state index contributed by atoms with van der Waals surface area (Å²) in [5.74, 6) is 1.62. The van der Waals surface area contributed by atoms with Crippen LogP contribution in [0.4, 0.5) is 0 Å². The second kappa shape index (κ2) is 5.63. The molecule has 2 aromatic heterocycles. The Morgan fingerprint density at radius 1 is 1.62 bits per heavy atom. The number of ether oxygens (including phenoxy) is 1. The number of rotatable bonds is 5. The summed E-state index contributed by atoms with van der Waals surface area (Å²) in [6, 6.07) is 3.56. The van der Waals surface area contributed by atoms with E-state index in [2.05, 4.69) is 10.3 Å². The summed E-state index contributed by atoms with van der Waals surface area (Å²) in [5.41, 5.74) is -0.851. The molecule has 0 aromatic carbocycles. The molecule has 6 nitrogen and oxygen atoms in total. The maximum absolute atomic E-state index is 10.6. The maximum atomic E-state index is 10.6. The fourth-order valence-electron chi connectivity index (χ4n) is 2.71. The van der Waals surface area contributed by atoms with Crippen LogP contribution in [0.25, 0.3) is 0 Å². The van der Waals surface area contributed by atoms with E-state index in [1.54, 1.807) is 12.5 Å². The van der Waals surface area contributed by atoms with Crippen molar-refractivity contribution < 1.29 is 14.3 Å². The molecule has 0 amide bonds. The Balaban J connectivity index is 1.79.